The molecule has 0 saturated carbocycles. The van der Waals surface area contributed by atoms with Crippen LogP contribution in [-0.2, 0) is 12.8 Å². The van der Waals surface area contributed by atoms with Crippen LogP contribution >= 0.6 is 0 Å². The first-order valence-corrected chi connectivity index (χ1v) is 5.84. The first kappa shape index (κ1) is 11.7. The molecule has 0 aromatic carbocycles. The van der Waals surface area contributed by atoms with Crippen molar-refractivity contribution >= 4 is 5.82 Å². The molecule has 0 saturated heterocycles. The summed E-state index contributed by atoms with van der Waals surface area (Å²) in [7, 11) is 0. The van der Waals surface area contributed by atoms with E-state index in [1.807, 2.05) is 6.20 Å². The minimum Gasteiger partial charge on any atom is -0.370 e. The van der Waals surface area contributed by atoms with E-state index in [9.17, 15) is 0 Å². The maximum atomic E-state index is 5.45. The number of H-pyrrole nitrogens is 2. The summed E-state index contributed by atoms with van der Waals surface area (Å²) in [4.78, 5) is 14.7. The molecule has 2 aromatic heterocycles. The molecule has 0 aliphatic heterocycles. The fraction of sp³-hybridized carbons (Fsp3) is 0.455. The molecule has 0 unspecified atom stereocenters. The van der Waals surface area contributed by atoms with Crippen LogP contribution in [0.1, 0.15) is 18.1 Å². The summed E-state index contributed by atoms with van der Waals surface area (Å²) in [6.07, 6.45) is 8.18. The minimum absolute atomic E-state index is 0.617. The van der Waals surface area contributed by atoms with Crippen LogP contribution in [0.25, 0.3) is 0 Å². The van der Waals surface area contributed by atoms with E-state index in [0.717, 1.165) is 43.3 Å². The lowest BCUT2D eigenvalue weighted by molar-refractivity contribution is 0.813. The van der Waals surface area contributed by atoms with E-state index in [0.29, 0.717) is 6.54 Å². The van der Waals surface area contributed by atoms with E-state index < -0.39 is 0 Å². The van der Waals surface area contributed by atoms with Crippen LogP contribution in [-0.4, -0.2) is 33.0 Å². The first-order chi connectivity index (χ1) is 8.38. The van der Waals surface area contributed by atoms with Gasteiger partial charge in [-0.1, -0.05) is 0 Å². The van der Waals surface area contributed by atoms with Gasteiger partial charge in [0.1, 0.15) is 17.5 Å². The van der Waals surface area contributed by atoms with Crippen molar-refractivity contribution in [3.8, 4) is 0 Å². The number of hydrogen-bond acceptors (Lipinski definition) is 4. The van der Waals surface area contributed by atoms with Crippen molar-refractivity contribution in [1.29, 1.82) is 0 Å². The second-order valence-corrected chi connectivity index (χ2v) is 3.85. The first-order valence-electron chi connectivity index (χ1n) is 5.84. The number of aryl methyl sites for hydroxylation is 1. The average Bonchev–Trinajstić information content (AvgIpc) is 2.96. The van der Waals surface area contributed by atoms with Crippen LogP contribution in [0.5, 0.6) is 0 Å². The number of imidazole rings is 2. The number of anilines is 1. The van der Waals surface area contributed by atoms with Crippen molar-refractivity contribution in [3.63, 3.8) is 0 Å². The lowest BCUT2D eigenvalue weighted by atomic mass is 10.3. The normalized spacial score (nSPS) is 10.6. The van der Waals surface area contributed by atoms with Crippen LogP contribution in [0, 0.1) is 0 Å². The Balaban J connectivity index is 1.67. The standard InChI is InChI=1S/C11H18N6/c12-4-3-10-16-8-11(17-10)13-5-1-2-9-14-6-7-15-9/h6-8,13H,1-5,12H2,(H,14,15)(H,16,17). The van der Waals surface area contributed by atoms with Gasteiger partial charge in [0.2, 0.25) is 0 Å². The molecule has 0 spiro atoms. The topological polar surface area (TPSA) is 95.4 Å². The van der Waals surface area contributed by atoms with Gasteiger partial charge in [0, 0.05) is 31.8 Å². The maximum absolute atomic E-state index is 5.45. The Morgan fingerprint density at radius 3 is 2.94 bits per heavy atom. The zero-order chi connectivity index (χ0) is 11.9. The summed E-state index contributed by atoms with van der Waals surface area (Å²) in [5, 5.41) is 3.29. The van der Waals surface area contributed by atoms with E-state index in [1.165, 1.54) is 0 Å². The minimum atomic E-state index is 0.617. The molecule has 0 aliphatic carbocycles. The summed E-state index contributed by atoms with van der Waals surface area (Å²) < 4.78 is 0. The number of nitrogens with one attached hydrogen (secondary N) is 3. The summed E-state index contributed by atoms with van der Waals surface area (Å²) >= 11 is 0. The Bertz CT molecular complexity index is 419. The van der Waals surface area contributed by atoms with Gasteiger partial charge in [0.05, 0.1) is 6.20 Å². The molecule has 0 atom stereocenters. The Morgan fingerprint density at radius 1 is 1.24 bits per heavy atom. The quantitative estimate of drug-likeness (QED) is 0.530. The monoisotopic (exact) mass is 234 g/mol. The fourth-order valence-corrected chi connectivity index (χ4v) is 1.63. The molecule has 17 heavy (non-hydrogen) atoms. The Hall–Kier alpha value is -1.82. The Labute approximate surface area is 100 Å². The van der Waals surface area contributed by atoms with Gasteiger partial charge in [-0.05, 0) is 13.0 Å². The van der Waals surface area contributed by atoms with E-state index >= 15 is 0 Å². The van der Waals surface area contributed by atoms with Crippen LogP contribution < -0.4 is 11.1 Å². The lowest BCUT2D eigenvalue weighted by Gasteiger charge is -2.02. The van der Waals surface area contributed by atoms with Crippen molar-refractivity contribution < 1.29 is 0 Å². The molecular weight excluding hydrogens is 216 g/mol. The maximum Gasteiger partial charge on any atom is 0.123 e. The molecule has 0 aliphatic rings. The van der Waals surface area contributed by atoms with Gasteiger partial charge in [-0.15, -0.1) is 0 Å². The van der Waals surface area contributed by atoms with E-state index in [-0.39, 0.29) is 0 Å². The van der Waals surface area contributed by atoms with Gasteiger partial charge in [0.15, 0.2) is 0 Å². The number of hydrogen-bond donors (Lipinski definition) is 4. The zero-order valence-electron chi connectivity index (χ0n) is 9.74. The molecule has 0 bridgehead atoms. The number of rotatable bonds is 7. The summed E-state index contributed by atoms with van der Waals surface area (Å²) in [5.41, 5.74) is 5.45. The second kappa shape index (κ2) is 6.05. The third kappa shape index (κ3) is 3.60. The number of nitrogens with two attached hydrogens (primary N) is 1. The van der Waals surface area contributed by atoms with Gasteiger partial charge < -0.3 is 21.0 Å². The van der Waals surface area contributed by atoms with Gasteiger partial charge in [-0.2, -0.15) is 0 Å². The van der Waals surface area contributed by atoms with Crippen molar-refractivity contribution in [3.05, 3.63) is 30.2 Å². The van der Waals surface area contributed by atoms with Crippen molar-refractivity contribution in [1.82, 2.24) is 19.9 Å². The van der Waals surface area contributed by atoms with Crippen molar-refractivity contribution in [2.75, 3.05) is 18.4 Å². The van der Waals surface area contributed by atoms with Crippen LogP contribution in [0.3, 0.4) is 0 Å². The van der Waals surface area contributed by atoms with E-state index in [1.54, 1.807) is 12.4 Å². The number of nitrogens with zero attached hydrogens (tertiary/aromatic N) is 2. The highest BCUT2D eigenvalue weighted by atomic mass is 15.1. The molecule has 0 amide bonds. The van der Waals surface area contributed by atoms with Crippen LogP contribution in [0.4, 0.5) is 5.82 Å². The molecule has 0 fully saturated rings. The molecule has 92 valence electrons. The highest BCUT2D eigenvalue weighted by Gasteiger charge is 1.99. The summed E-state index contributed by atoms with van der Waals surface area (Å²) in [6, 6.07) is 0. The SMILES string of the molecule is NCCc1ncc(NCCCc2ncc[nH]2)[nH]1. The summed E-state index contributed by atoms with van der Waals surface area (Å²) in [6.45, 7) is 1.51. The largest absolute Gasteiger partial charge is 0.370 e. The molecule has 2 rings (SSSR count). The molecule has 6 nitrogen and oxygen atoms in total. The smallest absolute Gasteiger partial charge is 0.123 e. The Morgan fingerprint density at radius 2 is 2.18 bits per heavy atom. The van der Waals surface area contributed by atoms with Gasteiger partial charge in [-0.25, -0.2) is 9.97 Å². The van der Waals surface area contributed by atoms with Gasteiger partial charge in [-0.3, -0.25) is 0 Å². The molecule has 2 aromatic rings. The third-order valence-corrected chi connectivity index (χ3v) is 2.47. The summed E-state index contributed by atoms with van der Waals surface area (Å²) in [5.74, 6) is 2.91. The van der Waals surface area contributed by atoms with Gasteiger partial charge >= 0.3 is 0 Å². The van der Waals surface area contributed by atoms with E-state index in [2.05, 4.69) is 25.3 Å². The molecule has 2 heterocycles. The molecule has 6 heteroatoms. The fourth-order valence-electron chi connectivity index (χ4n) is 1.63. The molecule has 0 radical (unpaired) electrons. The lowest BCUT2D eigenvalue weighted by Crippen LogP contribution is -2.05. The zero-order valence-corrected chi connectivity index (χ0v) is 9.74. The van der Waals surface area contributed by atoms with Crippen LogP contribution in [0.2, 0.25) is 0 Å². The van der Waals surface area contributed by atoms with Gasteiger partial charge in [0.25, 0.3) is 0 Å². The van der Waals surface area contributed by atoms with Crippen molar-refractivity contribution in [2.45, 2.75) is 19.3 Å². The predicted octanol–water partition coefficient (Wildman–Crippen LogP) is 0.679. The van der Waals surface area contributed by atoms with Crippen LogP contribution in [0.15, 0.2) is 18.6 Å². The highest BCUT2D eigenvalue weighted by Crippen LogP contribution is 2.04. The third-order valence-electron chi connectivity index (χ3n) is 2.47. The second-order valence-electron chi connectivity index (χ2n) is 3.85. The number of aromatic amines is 2. The molecule has 5 N–H and O–H groups in total. The number of aromatic nitrogens is 4. The highest BCUT2D eigenvalue weighted by molar-refractivity contribution is 5.32. The van der Waals surface area contributed by atoms with E-state index in [4.69, 9.17) is 5.73 Å². The predicted molar refractivity (Wildman–Crippen MR) is 66.7 cm³/mol. The Kier molecular flexibility index (Phi) is 4.15. The molecular formula is C11H18N6. The average molecular weight is 234 g/mol. The van der Waals surface area contributed by atoms with Crippen molar-refractivity contribution in [2.24, 2.45) is 5.73 Å².